The van der Waals surface area contributed by atoms with Crippen LogP contribution in [0, 0.1) is 5.82 Å². The second-order valence-corrected chi connectivity index (χ2v) is 6.31. The molecule has 0 saturated carbocycles. The van der Waals surface area contributed by atoms with Gasteiger partial charge >= 0.3 is 5.97 Å². The Balaban J connectivity index is 2.05. The van der Waals surface area contributed by atoms with Crippen molar-refractivity contribution in [3.63, 3.8) is 0 Å². The molecule has 0 atom stereocenters. The number of morpholine rings is 1. The van der Waals surface area contributed by atoms with Crippen LogP contribution in [-0.2, 0) is 9.47 Å². The second-order valence-electron chi connectivity index (χ2n) is 5.90. The van der Waals surface area contributed by atoms with E-state index in [0.717, 1.165) is 18.5 Å². The highest BCUT2D eigenvalue weighted by Crippen LogP contribution is 2.32. The van der Waals surface area contributed by atoms with E-state index in [1.165, 1.54) is 12.1 Å². The zero-order valence-corrected chi connectivity index (χ0v) is 14.8. The van der Waals surface area contributed by atoms with Crippen molar-refractivity contribution in [1.82, 2.24) is 4.98 Å². The Morgan fingerprint density at radius 2 is 2.12 bits per heavy atom. The Bertz CT molecular complexity index is 778. The minimum Gasteiger partial charge on any atom is -0.461 e. The smallest absolute Gasteiger partial charge is 0.357 e. The molecular weight excluding hydrogens is 347 g/mol. The van der Waals surface area contributed by atoms with Gasteiger partial charge in [0, 0.05) is 24.2 Å². The summed E-state index contributed by atoms with van der Waals surface area (Å²) in [5.41, 5.74) is 1.30. The number of rotatable bonds is 5. The zero-order valence-electron chi connectivity index (χ0n) is 14.1. The summed E-state index contributed by atoms with van der Waals surface area (Å²) in [7, 11) is 0. The van der Waals surface area contributed by atoms with Crippen LogP contribution in [-0.4, -0.2) is 43.9 Å². The van der Waals surface area contributed by atoms with Gasteiger partial charge in [-0.05, 0) is 24.6 Å². The van der Waals surface area contributed by atoms with Crippen LogP contribution in [0.25, 0.3) is 10.9 Å². The van der Waals surface area contributed by atoms with E-state index in [-0.39, 0.29) is 10.7 Å². The molecule has 25 heavy (non-hydrogen) atoms. The number of hydrogen-bond acceptors (Lipinski definition) is 5. The molecule has 134 valence electrons. The second kappa shape index (κ2) is 7.97. The molecule has 0 unspecified atom stereocenters. The number of fused-ring (bicyclic) bond motifs is 1. The highest BCUT2D eigenvalue weighted by molar-refractivity contribution is 6.35. The van der Waals surface area contributed by atoms with Gasteiger partial charge in [-0.1, -0.05) is 24.9 Å². The molecule has 1 fully saturated rings. The SMILES string of the molecule is CCCCOC(=O)c1cc(N2CCOCC2)c2cc(F)cc(Cl)c2n1. The largest absolute Gasteiger partial charge is 0.461 e. The fraction of sp³-hybridized carbons (Fsp3) is 0.444. The van der Waals surface area contributed by atoms with Gasteiger partial charge in [0.25, 0.3) is 0 Å². The number of anilines is 1. The van der Waals surface area contributed by atoms with Gasteiger partial charge in [0.05, 0.1) is 30.4 Å². The maximum Gasteiger partial charge on any atom is 0.357 e. The topological polar surface area (TPSA) is 51.7 Å². The Hall–Kier alpha value is -1.92. The maximum absolute atomic E-state index is 13.9. The molecule has 0 aliphatic carbocycles. The number of pyridine rings is 1. The number of halogens is 2. The van der Waals surface area contributed by atoms with E-state index in [1.54, 1.807) is 6.07 Å². The van der Waals surface area contributed by atoms with E-state index < -0.39 is 11.8 Å². The molecule has 1 aromatic carbocycles. The van der Waals surface area contributed by atoms with E-state index in [1.807, 2.05) is 11.8 Å². The molecule has 0 spiro atoms. The van der Waals surface area contributed by atoms with E-state index in [9.17, 15) is 9.18 Å². The van der Waals surface area contributed by atoms with E-state index in [2.05, 4.69) is 4.98 Å². The van der Waals surface area contributed by atoms with Gasteiger partial charge in [-0.15, -0.1) is 0 Å². The lowest BCUT2D eigenvalue weighted by molar-refractivity contribution is 0.0493. The third-order valence-corrected chi connectivity index (χ3v) is 4.39. The Kier molecular flexibility index (Phi) is 5.71. The van der Waals surface area contributed by atoms with Gasteiger partial charge in [0.1, 0.15) is 5.82 Å². The normalized spacial score (nSPS) is 14.8. The molecule has 0 radical (unpaired) electrons. The molecule has 1 saturated heterocycles. The summed E-state index contributed by atoms with van der Waals surface area (Å²) < 4.78 is 24.5. The number of ether oxygens (including phenoxy) is 2. The van der Waals surface area contributed by atoms with Gasteiger partial charge in [-0.3, -0.25) is 0 Å². The Morgan fingerprint density at radius 3 is 2.84 bits per heavy atom. The number of carbonyl (C=O) groups excluding carboxylic acids is 1. The first-order valence-electron chi connectivity index (χ1n) is 8.39. The fourth-order valence-corrected chi connectivity index (χ4v) is 3.04. The van der Waals surface area contributed by atoms with Gasteiger partial charge in [-0.25, -0.2) is 14.2 Å². The number of esters is 1. The molecule has 1 aliphatic heterocycles. The van der Waals surface area contributed by atoms with Crippen molar-refractivity contribution in [2.75, 3.05) is 37.8 Å². The molecule has 7 heteroatoms. The lowest BCUT2D eigenvalue weighted by Gasteiger charge is -2.30. The molecule has 0 bridgehead atoms. The first kappa shape index (κ1) is 17.9. The van der Waals surface area contributed by atoms with Crippen LogP contribution >= 0.6 is 11.6 Å². The molecule has 2 aromatic rings. The van der Waals surface area contributed by atoms with Crippen LogP contribution in [0.15, 0.2) is 18.2 Å². The summed E-state index contributed by atoms with van der Waals surface area (Å²) in [5, 5.41) is 0.754. The molecule has 0 amide bonds. The predicted molar refractivity (Wildman–Crippen MR) is 94.9 cm³/mol. The Morgan fingerprint density at radius 1 is 1.36 bits per heavy atom. The van der Waals surface area contributed by atoms with Crippen molar-refractivity contribution < 1.29 is 18.7 Å². The van der Waals surface area contributed by atoms with Crippen LogP contribution in [0.5, 0.6) is 0 Å². The quantitative estimate of drug-likeness (QED) is 0.594. The van der Waals surface area contributed by atoms with E-state index in [0.29, 0.717) is 43.8 Å². The molecular formula is C18H20ClFN2O3. The highest BCUT2D eigenvalue weighted by Gasteiger charge is 2.20. The molecule has 1 aromatic heterocycles. The van der Waals surface area contributed by atoms with Crippen molar-refractivity contribution in [3.8, 4) is 0 Å². The highest BCUT2D eigenvalue weighted by atomic mass is 35.5. The van der Waals surface area contributed by atoms with Crippen molar-refractivity contribution in [2.45, 2.75) is 19.8 Å². The molecule has 2 heterocycles. The molecule has 0 N–H and O–H groups in total. The monoisotopic (exact) mass is 366 g/mol. The molecule has 3 rings (SSSR count). The van der Waals surface area contributed by atoms with Crippen molar-refractivity contribution in [3.05, 3.63) is 34.7 Å². The van der Waals surface area contributed by atoms with Crippen LogP contribution < -0.4 is 4.90 Å². The summed E-state index contributed by atoms with van der Waals surface area (Å²) in [6.07, 6.45) is 1.73. The number of unbranched alkanes of at least 4 members (excludes halogenated alkanes) is 1. The van der Waals surface area contributed by atoms with Crippen LogP contribution in [0.3, 0.4) is 0 Å². The number of hydrogen-bond donors (Lipinski definition) is 0. The van der Waals surface area contributed by atoms with Crippen molar-refractivity contribution in [1.29, 1.82) is 0 Å². The number of benzene rings is 1. The first-order chi connectivity index (χ1) is 12.1. The number of aromatic nitrogens is 1. The summed E-state index contributed by atoms with van der Waals surface area (Å²) in [6, 6.07) is 4.25. The summed E-state index contributed by atoms with van der Waals surface area (Å²) in [5.74, 6) is -0.933. The van der Waals surface area contributed by atoms with Crippen LogP contribution in [0.2, 0.25) is 5.02 Å². The molecule has 1 aliphatic rings. The lowest BCUT2D eigenvalue weighted by Crippen LogP contribution is -2.36. The summed E-state index contributed by atoms with van der Waals surface area (Å²) in [6.45, 7) is 4.81. The minimum absolute atomic E-state index is 0.174. The molecule has 5 nitrogen and oxygen atoms in total. The average Bonchev–Trinajstić information content (AvgIpc) is 2.62. The standard InChI is InChI=1S/C18H20ClFN2O3/c1-2-3-6-25-18(23)15-11-16(22-4-7-24-8-5-22)13-9-12(20)10-14(19)17(13)21-15/h9-11H,2-8H2,1H3. The predicted octanol–water partition coefficient (Wildman–Crippen LogP) is 3.82. The van der Waals surface area contributed by atoms with Crippen LogP contribution in [0.4, 0.5) is 10.1 Å². The fourth-order valence-electron chi connectivity index (χ4n) is 2.79. The Labute approximate surface area is 150 Å². The number of nitrogens with zero attached hydrogens (tertiary/aromatic N) is 2. The van der Waals surface area contributed by atoms with Gasteiger partial charge in [0.15, 0.2) is 5.69 Å². The number of carbonyl (C=O) groups is 1. The first-order valence-corrected chi connectivity index (χ1v) is 8.77. The zero-order chi connectivity index (χ0) is 17.8. The lowest BCUT2D eigenvalue weighted by atomic mass is 10.1. The average molecular weight is 367 g/mol. The maximum atomic E-state index is 13.9. The van der Waals surface area contributed by atoms with Gasteiger partial charge < -0.3 is 14.4 Å². The van der Waals surface area contributed by atoms with E-state index >= 15 is 0 Å². The van der Waals surface area contributed by atoms with Crippen molar-refractivity contribution in [2.24, 2.45) is 0 Å². The van der Waals surface area contributed by atoms with Gasteiger partial charge in [0.2, 0.25) is 0 Å². The minimum atomic E-state index is -0.495. The van der Waals surface area contributed by atoms with Crippen LogP contribution in [0.1, 0.15) is 30.3 Å². The third kappa shape index (κ3) is 4.02. The van der Waals surface area contributed by atoms with Crippen molar-refractivity contribution >= 4 is 34.2 Å². The summed E-state index contributed by atoms with van der Waals surface area (Å²) in [4.78, 5) is 18.7. The summed E-state index contributed by atoms with van der Waals surface area (Å²) >= 11 is 6.18. The van der Waals surface area contributed by atoms with Gasteiger partial charge in [-0.2, -0.15) is 0 Å². The van der Waals surface area contributed by atoms with E-state index in [4.69, 9.17) is 21.1 Å². The third-order valence-electron chi connectivity index (χ3n) is 4.10.